The highest BCUT2D eigenvalue weighted by Gasteiger charge is 2.15. The SMILES string of the molecule is Nc1cc(O)ccc1NS(=O)(=O)c1ccc(Cl)cc1. The molecule has 2 aromatic rings. The zero-order chi connectivity index (χ0) is 14.0. The Kier molecular flexibility index (Phi) is 3.55. The molecule has 4 N–H and O–H groups in total. The van der Waals surface area contributed by atoms with Gasteiger partial charge in [0.15, 0.2) is 0 Å². The smallest absolute Gasteiger partial charge is 0.261 e. The van der Waals surface area contributed by atoms with E-state index >= 15 is 0 Å². The van der Waals surface area contributed by atoms with E-state index in [1.807, 2.05) is 0 Å². The predicted octanol–water partition coefficient (Wildman–Crippen LogP) is 2.43. The summed E-state index contributed by atoms with van der Waals surface area (Å²) in [7, 11) is -3.74. The van der Waals surface area contributed by atoms with Gasteiger partial charge in [0.05, 0.1) is 16.3 Å². The van der Waals surface area contributed by atoms with E-state index in [0.717, 1.165) is 0 Å². The number of nitrogens with one attached hydrogen (secondary N) is 1. The lowest BCUT2D eigenvalue weighted by Gasteiger charge is -2.10. The molecule has 0 aromatic heterocycles. The van der Waals surface area contributed by atoms with E-state index in [0.29, 0.717) is 5.02 Å². The summed E-state index contributed by atoms with van der Waals surface area (Å²) < 4.78 is 26.5. The number of aromatic hydroxyl groups is 1. The Hall–Kier alpha value is -1.92. The third-order valence-electron chi connectivity index (χ3n) is 2.40. The van der Waals surface area contributed by atoms with Gasteiger partial charge in [-0.05, 0) is 36.4 Å². The summed E-state index contributed by atoms with van der Waals surface area (Å²) >= 11 is 5.70. The molecule has 0 saturated heterocycles. The van der Waals surface area contributed by atoms with E-state index in [1.54, 1.807) is 0 Å². The van der Waals surface area contributed by atoms with Crippen molar-refractivity contribution in [1.29, 1.82) is 0 Å². The van der Waals surface area contributed by atoms with Crippen LogP contribution in [0.2, 0.25) is 5.02 Å². The summed E-state index contributed by atoms with van der Waals surface area (Å²) in [6.07, 6.45) is 0. The van der Waals surface area contributed by atoms with Crippen molar-refractivity contribution in [2.24, 2.45) is 0 Å². The standard InChI is InChI=1S/C12H11ClN2O3S/c13-8-1-4-10(5-2-8)19(17,18)15-12-6-3-9(16)7-11(12)14/h1-7,15-16H,14H2. The molecule has 0 unspecified atom stereocenters. The first-order chi connectivity index (χ1) is 8.88. The van der Waals surface area contributed by atoms with E-state index in [9.17, 15) is 13.5 Å². The normalized spacial score (nSPS) is 11.2. The van der Waals surface area contributed by atoms with Gasteiger partial charge in [0.25, 0.3) is 10.0 Å². The first-order valence-corrected chi connectivity index (χ1v) is 7.11. The fraction of sp³-hybridized carbons (Fsp3) is 0. The lowest BCUT2D eigenvalue weighted by Crippen LogP contribution is -2.13. The van der Waals surface area contributed by atoms with Gasteiger partial charge in [-0.3, -0.25) is 4.72 Å². The van der Waals surface area contributed by atoms with Crippen LogP contribution in [0.25, 0.3) is 0 Å². The topological polar surface area (TPSA) is 92.4 Å². The van der Waals surface area contributed by atoms with E-state index in [-0.39, 0.29) is 22.0 Å². The Morgan fingerprint density at radius 1 is 1.11 bits per heavy atom. The van der Waals surface area contributed by atoms with Gasteiger partial charge in [-0.2, -0.15) is 0 Å². The molecular weight excluding hydrogens is 288 g/mol. The molecule has 100 valence electrons. The van der Waals surface area contributed by atoms with Crippen LogP contribution in [0.1, 0.15) is 0 Å². The number of rotatable bonds is 3. The number of nitrogens with two attached hydrogens (primary N) is 1. The van der Waals surface area contributed by atoms with Crippen LogP contribution >= 0.6 is 11.6 Å². The molecule has 0 fully saturated rings. The minimum atomic E-state index is -3.74. The molecule has 0 spiro atoms. The van der Waals surface area contributed by atoms with E-state index in [1.165, 1.54) is 42.5 Å². The van der Waals surface area contributed by atoms with Crippen LogP contribution in [-0.2, 0) is 10.0 Å². The highest BCUT2D eigenvalue weighted by atomic mass is 35.5. The van der Waals surface area contributed by atoms with Crippen molar-refractivity contribution in [3.05, 3.63) is 47.5 Å². The molecule has 0 saturated carbocycles. The molecule has 7 heteroatoms. The van der Waals surface area contributed by atoms with Crippen LogP contribution in [-0.4, -0.2) is 13.5 Å². The fourth-order valence-electron chi connectivity index (χ4n) is 1.46. The van der Waals surface area contributed by atoms with Crippen LogP contribution in [0.3, 0.4) is 0 Å². The van der Waals surface area contributed by atoms with Gasteiger partial charge in [0.1, 0.15) is 5.75 Å². The molecular formula is C12H11ClN2O3S. The van der Waals surface area contributed by atoms with Crippen LogP contribution in [0.4, 0.5) is 11.4 Å². The zero-order valence-corrected chi connectivity index (χ0v) is 11.2. The third kappa shape index (κ3) is 3.10. The number of anilines is 2. The Morgan fingerprint density at radius 3 is 2.32 bits per heavy atom. The van der Waals surface area contributed by atoms with Crippen molar-refractivity contribution in [2.45, 2.75) is 4.90 Å². The number of halogens is 1. The fourth-order valence-corrected chi connectivity index (χ4v) is 2.67. The number of nitrogen functional groups attached to an aromatic ring is 1. The van der Waals surface area contributed by atoms with Crippen LogP contribution in [0.5, 0.6) is 5.75 Å². The summed E-state index contributed by atoms with van der Waals surface area (Å²) in [6, 6.07) is 9.74. The summed E-state index contributed by atoms with van der Waals surface area (Å²) in [4.78, 5) is 0.0735. The molecule has 5 nitrogen and oxygen atoms in total. The van der Waals surface area contributed by atoms with E-state index in [4.69, 9.17) is 17.3 Å². The monoisotopic (exact) mass is 298 g/mol. The summed E-state index contributed by atoms with van der Waals surface area (Å²) in [6.45, 7) is 0. The molecule has 0 aliphatic heterocycles. The Balaban J connectivity index is 2.33. The van der Waals surface area contributed by atoms with E-state index in [2.05, 4.69) is 4.72 Å². The lowest BCUT2D eigenvalue weighted by molar-refractivity contribution is 0.475. The summed E-state index contributed by atoms with van der Waals surface area (Å²) in [5.74, 6) is -0.0352. The van der Waals surface area contributed by atoms with Gasteiger partial charge in [0.2, 0.25) is 0 Å². The second-order valence-corrected chi connectivity index (χ2v) is 5.95. The molecule has 2 aromatic carbocycles. The second kappa shape index (κ2) is 4.99. The van der Waals surface area contributed by atoms with Crippen LogP contribution in [0, 0.1) is 0 Å². The predicted molar refractivity (Wildman–Crippen MR) is 74.8 cm³/mol. The number of hydrogen-bond donors (Lipinski definition) is 3. The maximum atomic E-state index is 12.1. The zero-order valence-electron chi connectivity index (χ0n) is 9.67. The number of sulfonamides is 1. The summed E-state index contributed by atoms with van der Waals surface area (Å²) in [5.41, 5.74) is 5.96. The minimum Gasteiger partial charge on any atom is -0.508 e. The second-order valence-electron chi connectivity index (χ2n) is 3.83. The average molecular weight is 299 g/mol. The quantitative estimate of drug-likeness (QED) is 0.599. The Labute approximate surface area is 115 Å². The van der Waals surface area contributed by atoms with Crippen molar-refractivity contribution in [2.75, 3.05) is 10.5 Å². The minimum absolute atomic E-state index is 0.0352. The molecule has 0 heterocycles. The van der Waals surface area contributed by atoms with Gasteiger partial charge < -0.3 is 10.8 Å². The van der Waals surface area contributed by atoms with Crippen LogP contribution in [0.15, 0.2) is 47.4 Å². The first-order valence-electron chi connectivity index (χ1n) is 5.25. The largest absolute Gasteiger partial charge is 0.508 e. The van der Waals surface area contributed by atoms with Crippen molar-refractivity contribution >= 4 is 33.0 Å². The molecule has 0 radical (unpaired) electrons. The van der Waals surface area contributed by atoms with Gasteiger partial charge in [-0.25, -0.2) is 8.42 Å². The highest BCUT2D eigenvalue weighted by molar-refractivity contribution is 7.92. The molecule has 0 atom stereocenters. The van der Waals surface area contributed by atoms with E-state index < -0.39 is 10.0 Å². The Bertz CT molecular complexity index is 699. The maximum Gasteiger partial charge on any atom is 0.261 e. The van der Waals surface area contributed by atoms with Crippen molar-refractivity contribution in [3.8, 4) is 5.75 Å². The lowest BCUT2D eigenvalue weighted by atomic mass is 10.2. The molecule has 0 amide bonds. The Morgan fingerprint density at radius 2 is 1.74 bits per heavy atom. The molecule has 0 aliphatic carbocycles. The van der Waals surface area contributed by atoms with Crippen molar-refractivity contribution in [3.63, 3.8) is 0 Å². The maximum absolute atomic E-state index is 12.1. The molecule has 19 heavy (non-hydrogen) atoms. The van der Waals surface area contributed by atoms with Gasteiger partial charge in [-0.15, -0.1) is 0 Å². The number of hydrogen-bond acceptors (Lipinski definition) is 4. The first kappa shape index (κ1) is 13.5. The molecule has 0 aliphatic rings. The highest BCUT2D eigenvalue weighted by Crippen LogP contribution is 2.26. The van der Waals surface area contributed by atoms with Crippen molar-refractivity contribution in [1.82, 2.24) is 0 Å². The van der Waals surface area contributed by atoms with Crippen LogP contribution < -0.4 is 10.5 Å². The average Bonchev–Trinajstić information content (AvgIpc) is 2.33. The number of benzene rings is 2. The summed E-state index contributed by atoms with van der Waals surface area (Å²) in [5, 5.41) is 9.66. The van der Waals surface area contributed by atoms with Gasteiger partial charge in [-0.1, -0.05) is 11.6 Å². The molecule has 0 bridgehead atoms. The van der Waals surface area contributed by atoms with Gasteiger partial charge in [0, 0.05) is 11.1 Å². The van der Waals surface area contributed by atoms with Crippen molar-refractivity contribution < 1.29 is 13.5 Å². The third-order valence-corrected chi connectivity index (χ3v) is 4.04. The molecule has 2 rings (SSSR count). The number of phenolic OH excluding ortho intramolecular Hbond substituents is 1. The van der Waals surface area contributed by atoms with Gasteiger partial charge >= 0.3 is 0 Å². The number of phenols is 1.